The van der Waals surface area contributed by atoms with E-state index in [0.29, 0.717) is 5.56 Å². The van der Waals surface area contributed by atoms with Crippen molar-refractivity contribution in [1.29, 1.82) is 0 Å². The minimum absolute atomic E-state index is 0.0618. The summed E-state index contributed by atoms with van der Waals surface area (Å²) in [6.07, 6.45) is 9.12. The summed E-state index contributed by atoms with van der Waals surface area (Å²) in [5.74, 6) is -2.29. The standard InChI is InChI=1S/C17H23N3O5/c1-2-3-4-5-6-9-14-19-17(25-20-14)24-16(22)15(21)23-12-13-8-7-10-18-11-13/h7-8,10-11,14,20H,2-6,9,12H2,1H3. The molecule has 1 aromatic rings. The molecule has 1 atom stereocenters. The maximum atomic E-state index is 11.7. The van der Waals surface area contributed by atoms with Gasteiger partial charge in [0.15, 0.2) is 0 Å². The Balaban J connectivity index is 1.67. The molecule has 1 unspecified atom stereocenters. The van der Waals surface area contributed by atoms with Crippen LogP contribution in [0.5, 0.6) is 0 Å². The second kappa shape index (κ2) is 10.4. The summed E-state index contributed by atoms with van der Waals surface area (Å²) in [6.45, 7) is 2.10. The Morgan fingerprint density at radius 3 is 2.84 bits per heavy atom. The first-order valence-electron chi connectivity index (χ1n) is 8.47. The molecule has 0 aromatic carbocycles. The topological polar surface area (TPSA) is 99.1 Å². The number of aromatic nitrogens is 1. The van der Waals surface area contributed by atoms with E-state index in [0.717, 1.165) is 19.3 Å². The van der Waals surface area contributed by atoms with Crippen molar-refractivity contribution in [2.24, 2.45) is 4.99 Å². The van der Waals surface area contributed by atoms with Gasteiger partial charge < -0.3 is 14.3 Å². The number of rotatable bonds is 8. The monoisotopic (exact) mass is 349 g/mol. The average Bonchev–Trinajstić information content (AvgIpc) is 3.07. The van der Waals surface area contributed by atoms with Crippen LogP contribution in [0.25, 0.3) is 0 Å². The second-order valence-corrected chi connectivity index (χ2v) is 5.66. The smallest absolute Gasteiger partial charge is 0.426 e. The lowest BCUT2D eigenvalue weighted by atomic mass is 10.1. The van der Waals surface area contributed by atoms with Crippen LogP contribution in [-0.4, -0.2) is 29.2 Å². The van der Waals surface area contributed by atoms with Gasteiger partial charge in [0.05, 0.1) is 0 Å². The molecule has 0 fully saturated rings. The first-order valence-corrected chi connectivity index (χ1v) is 8.47. The molecule has 0 saturated carbocycles. The van der Waals surface area contributed by atoms with Gasteiger partial charge in [-0.15, -0.1) is 5.48 Å². The van der Waals surface area contributed by atoms with Gasteiger partial charge in [-0.25, -0.2) is 9.59 Å². The molecule has 0 bridgehead atoms. The van der Waals surface area contributed by atoms with E-state index in [-0.39, 0.29) is 18.9 Å². The van der Waals surface area contributed by atoms with Crippen LogP contribution in [0.4, 0.5) is 0 Å². The summed E-state index contributed by atoms with van der Waals surface area (Å²) < 4.78 is 9.62. The van der Waals surface area contributed by atoms with Crippen molar-refractivity contribution >= 4 is 18.0 Å². The van der Waals surface area contributed by atoms with E-state index in [9.17, 15) is 9.59 Å². The third-order valence-electron chi connectivity index (χ3n) is 3.56. The minimum atomic E-state index is -1.17. The predicted octanol–water partition coefficient (Wildman–Crippen LogP) is 2.25. The highest BCUT2D eigenvalue weighted by Gasteiger charge is 2.26. The third-order valence-corrected chi connectivity index (χ3v) is 3.56. The van der Waals surface area contributed by atoms with Crippen LogP contribution in [0.15, 0.2) is 29.5 Å². The SMILES string of the molecule is CCCCCCCC1N=C(OC(=O)C(=O)OCc2cccnc2)ON1. The van der Waals surface area contributed by atoms with Crippen LogP contribution in [-0.2, 0) is 30.5 Å². The number of nitrogens with one attached hydrogen (secondary N) is 1. The van der Waals surface area contributed by atoms with Gasteiger partial charge in [0, 0.05) is 18.0 Å². The van der Waals surface area contributed by atoms with E-state index >= 15 is 0 Å². The lowest BCUT2D eigenvalue weighted by molar-refractivity contribution is -0.164. The van der Waals surface area contributed by atoms with Crippen molar-refractivity contribution in [3.05, 3.63) is 30.1 Å². The Labute approximate surface area is 146 Å². The van der Waals surface area contributed by atoms with E-state index in [1.165, 1.54) is 25.5 Å². The molecule has 0 saturated heterocycles. The van der Waals surface area contributed by atoms with Crippen LogP contribution in [0.3, 0.4) is 0 Å². The number of hydroxylamine groups is 1. The maximum absolute atomic E-state index is 11.7. The fourth-order valence-corrected chi connectivity index (χ4v) is 2.22. The number of hydrogen-bond acceptors (Lipinski definition) is 8. The third kappa shape index (κ3) is 6.88. The van der Waals surface area contributed by atoms with E-state index < -0.39 is 11.9 Å². The first-order chi connectivity index (χ1) is 12.2. The van der Waals surface area contributed by atoms with Gasteiger partial charge >= 0.3 is 18.0 Å². The van der Waals surface area contributed by atoms with Crippen LogP contribution < -0.4 is 5.48 Å². The van der Waals surface area contributed by atoms with Crippen molar-refractivity contribution in [3.63, 3.8) is 0 Å². The Hall–Kier alpha value is -2.48. The molecular formula is C17H23N3O5. The highest BCUT2D eigenvalue weighted by molar-refractivity contribution is 6.31. The number of aliphatic imine (C=N–C) groups is 1. The second-order valence-electron chi connectivity index (χ2n) is 5.66. The highest BCUT2D eigenvalue weighted by Crippen LogP contribution is 2.11. The quantitative estimate of drug-likeness (QED) is 0.436. The Kier molecular flexibility index (Phi) is 7.84. The highest BCUT2D eigenvalue weighted by atomic mass is 16.8. The van der Waals surface area contributed by atoms with E-state index in [2.05, 4.69) is 22.4 Å². The van der Waals surface area contributed by atoms with E-state index in [1.54, 1.807) is 18.3 Å². The lowest BCUT2D eigenvalue weighted by Gasteiger charge is -2.04. The van der Waals surface area contributed by atoms with Crippen molar-refractivity contribution in [2.75, 3.05) is 0 Å². The number of ether oxygens (including phenoxy) is 2. The van der Waals surface area contributed by atoms with Gasteiger partial charge in [0.25, 0.3) is 0 Å². The van der Waals surface area contributed by atoms with E-state index in [4.69, 9.17) is 14.3 Å². The molecule has 1 N–H and O–H groups in total. The summed E-state index contributed by atoms with van der Waals surface area (Å²) >= 11 is 0. The summed E-state index contributed by atoms with van der Waals surface area (Å²) in [5, 5.41) is 0. The molecule has 8 heteroatoms. The normalized spacial score (nSPS) is 16.0. The van der Waals surface area contributed by atoms with Crippen LogP contribution in [0.1, 0.15) is 51.0 Å². The van der Waals surface area contributed by atoms with Gasteiger partial charge in [0.2, 0.25) is 0 Å². The fraction of sp³-hybridized carbons (Fsp3) is 0.529. The van der Waals surface area contributed by atoms with Gasteiger partial charge in [0.1, 0.15) is 12.8 Å². The molecule has 0 spiro atoms. The summed E-state index contributed by atoms with van der Waals surface area (Å²) in [7, 11) is 0. The molecule has 0 amide bonds. The summed E-state index contributed by atoms with van der Waals surface area (Å²) in [6, 6.07) is 3.43. The number of esters is 2. The lowest BCUT2D eigenvalue weighted by Crippen LogP contribution is -2.25. The van der Waals surface area contributed by atoms with Crippen molar-refractivity contribution in [1.82, 2.24) is 10.5 Å². The maximum Gasteiger partial charge on any atom is 0.426 e. The molecule has 1 aliphatic heterocycles. The van der Waals surface area contributed by atoms with Crippen LogP contribution in [0.2, 0.25) is 0 Å². The molecule has 2 rings (SSSR count). The molecule has 8 nitrogen and oxygen atoms in total. The molecule has 1 aromatic heterocycles. The largest absolute Gasteiger partial charge is 0.452 e. The number of carbonyl (C=O) groups is 2. The molecule has 2 heterocycles. The zero-order valence-corrected chi connectivity index (χ0v) is 14.3. The summed E-state index contributed by atoms with van der Waals surface area (Å²) in [4.78, 5) is 36.2. The molecule has 1 aliphatic rings. The molecular weight excluding hydrogens is 326 g/mol. The number of hydrogen-bond donors (Lipinski definition) is 1. The Morgan fingerprint density at radius 1 is 1.24 bits per heavy atom. The van der Waals surface area contributed by atoms with Crippen LogP contribution in [0, 0.1) is 0 Å². The Morgan fingerprint density at radius 2 is 2.08 bits per heavy atom. The van der Waals surface area contributed by atoms with Crippen molar-refractivity contribution in [3.8, 4) is 0 Å². The molecule has 0 radical (unpaired) electrons. The Bertz CT molecular complexity index is 591. The number of unbranched alkanes of at least 4 members (excludes halogenated alkanes) is 4. The van der Waals surface area contributed by atoms with Gasteiger partial charge in [-0.3, -0.25) is 4.98 Å². The predicted molar refractivity (Wildman–Crippen MR) is 88.9 cm³/mol. The molecule has 136 valence electrons. The fourth-order valence-electron chi connectivity index (χ4n) is 2.22. The van der Waals surface area contributed by atoms with Crippen molar-refractivity contribution < 1.29 is 23.9 Å². The van der Waals surface area contributed by atoms with Gasteiger partial charge in [-0.1, -0.05) is 38.7 Å². The first kappa shape index (κ1) is 18.9. The zero-order valence-electron chi connectivity index (χ0n) is 14.3. The minimum Gasteiger partial charge on any atom is -0.452 e. The zero-order chi connectivity index (χ0) is 17.9. The number of nitrogens with zero attached hydrogens (tertiary/aromatic N) is 2. The molecule has 25 heavy (non-hydrogen) atoms. The molecule has 0 aliphatic carbocycles. The van der Waals surface area contributed by atoms with Gasteiger partial charge in [-0.05, 0) is 18.9 Å². The summed E-state index contributed by atoms with van der Waals surface area (Å²) in [5.41, 5.74) is 3.33. The van der Waals surface area contributed by atoms with Gasteiger partial charge in [-0.2, -0.15) is 4.99 Å². The van der Waals surface area contributed by atoms with Crippen LogP contribution >= 0.6 is 0 Å². The number of carbonyl (C=O) groups excluding carboxylic acids is 2. The van der Waals surface area contributed by atoms with E-state index in [1.807, 2.05) is 0 Å². The van der Waals surface area contributed by atoms with Crippen molar-refractivity contribution in [2.45, 2.75) is 58.2 Å². The number of pyridine rings is 1. The average molecular weight is 349 g/mol.